The second kappa shape index (κ2) is 8.21. The van der Waals surface area contributed by atoms with Gasteiger partial charge in [0.2, 0.25) is 5.91 Å². The van der Waals surface area contributed by atoms with Crippen LogP contribution < -0.4 is 10.6 Å². The van der Waals surface area contributed by atoms with Crippen LogP contribution >= 0.6 is 0 Å². The minimum Gasteiger partial charge on any atom is -0.467 e. The van der Waals surface area contributed by atoms with Gasteiger partial charge in [-0.3, -0.25) is 9.59 Å². The second-order valence-corrected chi connectivity index (χ2v) is 7.10. The Kier molecular flexibility index (Phi) is 5.30. The van der Waals surface area contributed by atoms with Gasteiger partial charge in [-0.05, 0) is 49.4 Å². The quantitative estimate of drug-likeness (QED) is 0.510. The molecule has 0 radical (unpaired) electrons. The van der Waals surface area contributed by atoms with E-state index in [1.165, 1.54) is 6.92 Å². The molecule has 0 fully saturated rings. The van der Waals surface area contributed by atoms with Crippen LogP contribution in [0.5, 0.6) is 0 Å². The molecule has 2 aromatic heterocycles. The normalized spacial score (nSPS) is 10.7. The number of nitrogens with one attached hydrogen (secondary N) is 2. The third kappa shape index (κ3) is 4.22. The lowest BCUT2D eigenvalue weighted by atomic mass is 10.0. The van der Waals surface area contributed by atoms with E-state index in [4.69, 9.17) is 9.40 Å². The smallest absolute Gasteiger partial charge is 0.252 e. The van der Waals surface area contributed by atoms with Crippen molar-refractivity contribution in [2.45, 2.75) is 20.4 Å². The van der Waals surface area contributed by atoms with Crippen molar-refractivity contribution in [3.63, 3.8) is 0 Å². The fraction of sp³-hybridized carbons (Fsp3) is 0.125. The van der Waals surface area contributed by atoms with Gasteiger partial charge in [-0.15, -0.1) is 0 Å². The first-order valence-electron chi connectivity index (χ1n) is 9.59. The number of rotatable bonds is 5. The Labute approximate surface area is 173 Å². The third-order valence-electron chi connectivity index (χ3n) is 4.71. The van der Waals surface area contributed by atoms with E-state index in [9.17, 15) is 9.59 Å². The van der Waals surface area contributed by atoms with Crippen molar-refractivity contribution in [2.75, 3.05) is 5.32 Å². The summed E-state index contributed by atoms with van der Waals surface area (Å²) in [6.07, 6.45) is 1.58. The van der Waals surface area contributed by atoms with Crippen LogP contribution in [0.2, 0.25) is 0 Å². The Morgan fingerprint density at radius 2 is 1.83 bits per heavy atom. The number of amides is 2. The molecule has 150 valence electrons. The van der Waals surface area contributed by atoms with Crippen LogP contribution in [-0.2, 0) is 11.3 Å². The molecular weight excluding hydrogens is 378 g/mol. The first-order chi connectivity index (χ1) is 14.5. The molecule has 4 rings (SSSR count). The highest BCUT2D eigenvalue weighted by atomic mass is 16.3. The van der Waals surface area contributed by atoms with E-state index in [1.54, 1.807) is 18.4 Å². The maximum absolute atomic E-state index is 13.0. The predicted octanol–water partition coefficient (Wildman–Crippen LogP) is 4.69. The lowest BCUT2D eigenvalue weighted by Crippen LogP contribution is -2.23. The molecular formula is C24H21N3O3. The van der Waals surface area contributed by atoms with Gasteiger partial charge in [-0.1, -0.05) is 23.8 Å². The van der Waals surface area contributed by atoms with Crippen molar-refractivity contribution >= 4 is 28.4 Å². The van der Waals surface area contributed by atoms with Crippen LogP contribution in [0.4, 0.5) is 5.69 Å². The molecule has 0 saturated heterocycles. The average molecular weight is 399 g/mol. The van der Waals surface area contributed by atoms with Crippen LogP contribution in [0, 0.1) is 6.92 Å². The number of aryl methyl sites for hydroxylation is 1. The third-order valence-corrected chi connectivity index (χ3v) is 4.71. The molecule has 6 heteroatoms. The van der Waals surface area contributed by atoms with E-state index in [-0.39, 0.29) is 11.8 Å². The zero-order valence-electron chi connectivity index (χ0n) is 16.7. The number of hydrogen-bond donors (Lipinski definition) is 2. The largest absolute Gasteiger partial charge is 0.467 e. The number of anilines is 1. The van der Waals surface area contributed by atoms with Gasteiger partial charge in [-0.25, -0.2) is 4.98 Å². The number of carbonyl (C=O) groups is 2. The van der Waals surface area contributed by atoms with E-state index >= 15 is 0 Å². The highest BCUT2D eigenvalue weighted by Crippen LogP contribution is 2.27. The topological polar surface area (TPSA) is 84.2 Å². The molecule has 0 atom stereocenters. The number of carbonyl (C=O) groups excluding carboxylic acids is 2. The fourth-order valence-corrected chi connectivity index (χ4v) is 3.28. The Hall–Kier alpha value is -3.93. The summed E-state index contributed by atoms with van der Waals surface area (Å²) >= 11 is 0. The molecule has 0 bridgehead atoms. The van der Waals surface area contributed by atoms with E-state index in [0.717, 1.165) is 22.0 Å². The van der Waals surface area contributed by atoms with Gasteiger partial charge in [0.1, 0.15) is 5.76 Å². The molecule has 0 spiro atoms. The minimum atomic E-state index is -0.194. The maximum Gasteiger partial charge on any atom is 0.252 e. The van der Waals surface area contributed by atoms with Gasteiger partial charge in [0.05, 0.1) is 29.6 Å². The Morgan fingerprint density at radius 1 is 1.03 bits per heavy atom. The van der Waals surface area contributed by atoms with Gasteiger partial charge in [0.25, 0.3) is 5.91 Å². The van der Waals surface area contributed by atoms with E-state index in [1.807, 2.05) is 55.5 Å². The Bertz CT molecular complexity index is 1210. The van der Waals surface area contributed by atoms with Gasteiger partial charge in [-0.2, -0.15) is 0 Å². The Morgan fingerprint density at radius 3 is 2.53 bits per heavy atom. The summed E-state index contributed by atoms with van der Waals surface area (Å²) in [5, 5.41) is 6.46. The van der Waals surface area contributed by atoms with Crippen molar-refractivity contribution in [1.82, 2.24) is 10.3 Å². The molecule has 0 aliphatic carbocycles. The average Bonchev–Trinajstić information content (AvgIpc) is 3.25. The lowest BCUT2D eigenvalue weighted by molar-refractivity contribution is -0.114. The molecule has 2 aromatic carbocycles. The van der Waals surface area contributed by atoms with Crippen LogP contribution in [0.1, 0.15) is 28.6 Å². The van der Waals surface area contributed by atoms with Gasteiger partial charge < -0.3 is 15.1 Å². The zero-order chi connectivity index (χ0) is 21.1. The number of fused-ring (bicyclic) bond motifs is 1. The van der Waals surface area contributed by atoms with Crippen molar-refractivity contribution in [3.8, 4) is 11.3 Å². The molecule has 2 N–H and O–H groups in total. The Balaban J connectivity index is 1.71. The van der Waals surface area contributed by atoms with Crippen molar-refractivity contribution in [2.24, 2.45) is 0 Å². The molecule has 0 saturated carbocycles. The fourth-order valence-electron chi connectivity index (χ4n) is 3.28. The second-order valence-electron chi connectivity index (χ2n) is 7.10. The number of furan rings is 1. The summed E-state index contributed by atoms with van der Waals surface area (Å²) in [7, 11) is 0. The molecule has 2 amide bonds. The SMILES string of the molecule is CC(=O)Nc1ccc(-c2cc(C(=O)NCc3ccco3)c3cc(C)ccc3n2)cc1. The van der Waals surface area contributed by atoms with Crippen LogP contribution in [0.25, 0.3) is 22.2 Å². The number of nitrogens with zero attached hydrogens (tertiary/aromatic N) is 1. The number of hydrogen-bond acceptors (Lipinski definition) is 4. The van der Waals surface area contributed by atoms with Gasteiger partial charge in [0, 0.05) is 23.6 Å². The van der Waals surface area contributed by atoms with Gasteiger partial charge in [0.15, 0.2) is 0 Å². The van der Waals surface area contributed by atoms with Crippen LogP contribution in [0.3, 0.4) is 0 Å². The number of aromatic nitrogens is 1. The van der Waals surface area contributed by atoms with Crippen LogP contribution in [0.15, 0.2) is 71.3 Å². The maximum atomic E-state index is 13.0. The molecule has 2 heterocycles. The monoisotopic (exact) mass is 399 g/mol. The highest BCUT2D eigenvalue weighted by Gasteiger charge is 2.15. The van der Waals surface area contributed by atoms with Crippen molar-refractivity contribution in [3.05, 3.63) is 83.8 Å². The first kappa shape index (κ1) is 19.4. The van der Waals surface area contributed by atoms with E-state index in [2.05, 4.69) is 10.6 Å². The summed E-state index contributed by atoms with van der Waals surface area (Å²) in [5.74, 6) is 0.365. The number of benzene rings is 2. The van der Waals surface area contributed by atoms with Gasteiger partial charge >= 0.3 is 0 Å². The summed E-state index contributed by atoms with van der Waals surface area (Å²) in [6, 6.07) is 18.6. The molecule has 6 nitrogen and oxygen atoms in total. The summed E-state index contributed by atoms with van der Waals surface area (Å²) < 4.78 is 5.30. The minimum absolute atomic E-state index is 0.127. The molecule has 4 aromatic rings. The highest BCUT2D eigenvalue weighted by molar-refractivity contribution is 6.07. The summed E-state index contributed by atoms with van der Waals surface area (Å²) in [6.45, 7) is 3.76. The van der Waals surface area contributed by atoms with Crippen molar-refractivity contribution < 1.29 is 14.0 Å². The number of pyridine rings is 1. The summed E-state index contributed by atoms with van der Waals surface area (Å²) in [5.41, 5.74) is 4.59. The zero-order valence-corrected chi connectivity index (χ0v) is 16.7. The van der Waals surface area contributed by atoms with E-state index in [0.29, 0.717) is 29.2 Å². The lowest BCUT2D eigenvalue weighted by Gasteiger charge is -2.11. The standard InChI is InChI=1S/C24H21N3O3/c1-15-5-10-22-20(12-15)21(24(29)25-14-19-4-3-11-30-19)13-23(27-22)17-6-8-18(9-7-17)26-16(2)28/h3-13H,14H2,1-2H3,(H,25,29)(H,26,28). The molecule has 30 heavy (non-hydrogen) atoms. The predicted molar refractivity (Wildman–Crippen MR) is 116 cm³/mol. The molecule has 0 aliphatic rings. The van der Waals surface area contributed by atoms with Crippen LogP contribution in [-0.4, -0.2) is 16.8 Å². The summed E-state index contributed by atoms with van der Waals surface area (Å²) in [4.78, 5) is 29.0. The molecule has 0 aliphatic heterocycles. The molecule has 0 unspecified atom stereocenters. The first-order valence-corrected chi connectivity index (χ1v) is 9.59. The van der Waals surface area contributed by atoms with Crippen molar-refractivity contribution in [1.29, 1.82) is 0 Å². The van der Waals surface area contributed by atoms with E-state index < -0.39 is 0 Å².